The molecule has 0 aliphatic rings. The van der Waals surface area contributed by atoms with Crippen molar-refractivity contribution in [3.63, 3.8) is 0 Å². The second kappa shape index (κ2) is 6.37. The number of rotatable bonds is 5. The Hall–Kier alpha value is -2.40. The Labute approximate surface area is 123 Å². The molecule has 0 saturated carbocycles. The van der Waals surface area contributed by atoms with Gasteiger partial charge in [-0.3, -0.25) is 0 Å². The number of phenols is 2. The number of para-hydroxylation sites is 1. The number of aromatic hydroxyl groups is 2. The number of benzene rings is 2. The molecule has 5 heteroatoms. The van der Waals surface area contributed by atoms with E-state index in [9.17, 15) is 15.3 Å². The molecule has 0 bridgehead atoms. The van der Waals surface area contributed by atoms with E-state index in [2.05, 4.69) is 0 Å². The first-order valence-electron chi connectivity index (χ1n) is 6.45. The van der Waals surface area contributed by atoms with E-state index in [1.54, 1.807) is 30.3 Å². The predicted molar refractivity (Wildman–Crippen MR) is 78.0 cm³/mol. The van der Waals surface area contributed by atoms with E-state index in [-0.39, 0.29) is 18.1 Å². The van der Waals surface area contributed by atoms with Crippen LogP contribution >= 0.6 is 0 Å². The summed E-state index contributed by atoms with van der Waals surface area (Å²) in [4.78, 5) is 0. The summed E-state index contributed by atoms with van der Waals surface area (Å²) in [6.07, 6.45) is 0.423. The molecule has 0 heterocycles. The van der Waals surface area contributed by atoms with Gasteiger partial charge in [-0.15, -0.1) is 0 Å². The van der Waals surface area contributed by atoms with Crippen LogP contribution < -0.4 is 9.47 Å². The second-order valence-corrected chi connectivity index (χ2v) is 4.61. The summed E-state index contributed by atoms with van der Waals surface area (Å²) in [6, 6.07) is 8.58. The van der Waals surface area contributed by atoms with Gasteiger partial charge in [-0.1, -0.05) is 18.2 Å². The van der Waals surface area contributed by atoms with Gasteiger partial charge in [0, 0.05) is 12.0 Å². The molecule has 0 fully saturated rings. The molecule has 0 spiro atoms. The normalized spacial score (nSPS) is 10.4. The van der Waals surface area contributed by atoms with Gasteiger partial charge in [-0.2, -0.15) is 0 Å². The molecule has 2 rings (SSSR count). The van der Waals surface area contributed by atoms with Crippen molar-refractivity contribution in [1.82, 2.24) is 0 Å². The molecule has 0 aromatic heterocycles. The molecule has 2 aromatic carbocycles. The molecule has 21 heavy (non-hydrogen) atoms. The highest BCUT2D eigenvalue weighted by Gasteiger charge is 2.13. The van der Waals surface area contributed by atoms with Crippen LogP contribution in [0.25, 0.3) is 0 Å². The highest BCUT2D eigenvalue weighted by Crippen LogP contribution is 2.38. The van der Waals surface area contributed by atoms with Crippen LogP contribution in [0.5, 0.6) is 23.0 Å². The predicted octanol–water partition coefficient (Wildman–Crippen LogP) is 2.20. The van der Waals surface area contributed by atoms with E-state index >= 15 is 0 Å². The van der Waals surface area contributed by atoms with Crippen LogP contribution in [0.3, 0.4) is 0 Å². The second-order valence-electron chi connectivity index (χ2n) is 4.61. The Balaban J connectivity index is 2.40. The molecular formula is C16H18O5. The van der Waals surface area contributed by atoms with Crippen LogP contribution in [-0.2, 0) is 13.0 Å². The van der Waals surface area contributed by atoms with Gasteiger partial charge in [0.25, 0.3) is 0 Å². The van der Waals surface area contributed by atoms with Crippen molar-refractivity contribution in [3.8, 4) is 23.0 Å². The molecular weight excluding hydrogens is 272 g/mol. The maximum atomic E-state index is 10.1. The molecule has 0 aliphatic heterocycles. The zero-order chi connectivity index (χ0) is 15.4. The number of hydrogen-bond donors (Lipinski definition) is 3. The zero-order valence-corrected chi connectivity index (χ0v) is 12.0. The molecule has 5 nitrogen and oxygen atoms in total. The lowest BCUT2D eigenvalue weighted by Gasteiger charge is -2.12. The van der Waals surface area contributed by atoms with Crippen molar-refractivity contribution >= 4 is 0 Å². The van der Waals surface area contributed by atoms with Crippen molar-refractivity contribution in [2.45, 2.75) is 13.0 Å². The maximum absolute atomic E-state index is 10.1. The zero-order valence-electron chi connectivity index (χ0n) is 12.0. The lowest BCUT2D eigenvalue weighted by atomic mass is 10.0. The lowest BCUT2D eigenvalue weighted by molar-refractivity contribution is 0.275. The summed E-state index contributed by atoms with van der Waals surface area (Å²) in [7, 11) is 2.92. The minimum absolute atomic E-state index is 0.0583. The summed E-state index contributed by atoms with van der Waals surface area (Å²) in [6.45, 7) is -0.220. The Morgan fingerprint density at radius 1 is 0.905 bits per heavy atom. The van der Waals surface area contributed by atoms with Gasteiger partial charge in [0.15, 0.2) is 11.5 Å². The van der Waals surface area contributed by atoms with Gasteiger partial charge < -0.3 is 24.8 Å². The van der Waals surface area contributed by atoms with Crippen LogP contribution in [0.15, 0.2) is 30.3 Å². The molecule has 0 saturated heterocycles. The third-order valence-electron chi connectivity index (χ3n) is 3.31. The number of aliphatic hydroxyl groups excluding tert-OH is 1. The summed E-state index contributed by atoms with van der Waals surface area (Å²) in [5, 5.41) is 29.1. The maximum Gasteiger partial charge on any atom is 0.200 e. The summed E-state index contributed by atoms with van der Waals surface area (Å²) >= 11 is 0. The van der Waals surface area contributed by atoms with Crippen molar-refractivity contribution in [1.29, 1.82) is 0 Å². The monoisotopic (exact) mass is 290 g/mol. The van der Waals surface area contributed by atoms with E-state index in [0.717, 1.165) is 5.56 Å². The average molecular weight is 290 g/mol. The van der Waals surface area contributed by atoms with Gasteiger partial charge >= 0.3 is 0 Å². The fourth-order valence-corrected chi connectivity index (χ4v) is 2.18. The van der Waals surface area contributed by atoms with E-state index in [0.29, 0.717) is 29.0 Å². The van der Waals surface area contributed by atoms with E-state index in [1.165, 1.54) is 14.2 Å². The fraction of sp³-hybridized carbons (Fsp3) is 0.250. The Bertz CT molecular complexity index is 612. The smallest absolute Gasteiger partial charge is 0.200 e. The number of ether oxygens (including phenoxy) is 2. The Morgan fingerprint density at radius 3 is 2.00 bits per heavy atom. The van der Waals surface area contributed by atoms with Gasteiger partial charge in [-0.05, 0) is 23.3 Å². The largest absolute Gasteiger partial charge is 0.507 e. The first-order valence-corrected chi connectivity index (χ1v) is 6.45. The quantitative estimate of drug-likeness (QED) is 0.786. The van der Waals surface area contributed by atoms with Gasteiger partial charge in [0.05, 0.1) is 20.8 Å². The van der Waals surface area contributed by atoms with Crippen molar-refractivity contribution in [3.05, 3.63) is 47.0 Å². The van der Waals surface area contributed by atoms with E-state index < -0.39 is 0 Å². The van der Waals surface area contributed by atoms with E-state index in [1.807, 2.05) is 0 Å². The molecule has 0 amide bonds. The van der Waals surface area contributed by atoms with Crippen molar-refractivity contribution < 1.29 is 24.8 Å². The molecule has 0 radical (unpaired) electrons. The third-order valence-corrected chi connectivity index (χ3v) is 3.31. The van der Waals surface area contributed by atoms with Crippen LogP contribution in [0, 0.1) is 0 Å². The topological polar surface area (TPSA) is 79.2 Å². The molecule has 0 atom stereocenters. The van der Waals surface area contributed by atoms with Crippen molar-refractivity contribution in [2.75, 3.05) is 14.2 Å². The minimum Gasteiger partial charge on any atom is -0.507 e. The standard InChI is InChI=1S/C16H18O5/c1-20-13-7-10(8-14(21-2)16(13)19)6-11-4-3-5-12(9-17)15(11)18/h3-5,7-8,17-19H,6,9H2,1-2H3. The van der Waals surface area contributed by atoms with E-state index in [4.69, 9.17) is 9.47 Å². The number of methoxy groups -OCH3 is 2. The van der Waals surface area contributed by atoms with Gasteiger partial charge in [0.2, 0.25) is 5.75 Å². The molecule has 112 valence electrons. The SMILES string of the molecule is COc1cc(Cc2cccc(CO)c2O)cc(OC)c1O. The Kier molecular flexibility index (Phi) is 4.55. The number of phenolic OH excluding ortho intramolecular Hbond substituents is 1. The average Bonchev–Trinajstić information content (AvgIpc) is 2.50. The van der Waals surface area contributed by atoms with Crippen LogP contribution in [0.4, 0.5) is 0 Å². The lowest BCUT2D eigenvalue weighted by Crippen LogP contribution is -1.96. The van der Waals surface area contributed by atoms with Crippen LogP contribution in [-0.4, -0.2) is 29.5 Å². The minimum atomic E-state index is -0.220. The summed E-state index contributed by atoms with van der Waals surface area (Å²) < 4.78 is 10.2. The van der Waals surface area contributed by atoms with Crippen LogP contribution in [0.1, 0.15) is 16.7 Å². The highest BCUT2D eigenvalue weighted by atomic mass is 16.5. The van der Waals surface area contributed by atoms with Crippen molar-refractivity contribution in [2.24, 2.45) is 0 Å². The summed E-state index contributed by atoms with van der Waals surface area (Å²) in [5.74, 6) is 0.632. The number of hydrogen-bond acceptors (Lipinski definition) is 5. The highest BCUT2D eigenvalue weighted by molar-refractivity contribution is 5.54. The first kappa shape index (κ1) is 15.0. The molecule has 3 N–H and O–H groups in total. The molecule has 0 unspecified atom stereocenters. The summed E-state index contributed by atoms with van der Waals surface area (Å²) in [5.41, 5.74) is 1.97. The van der Waals surface area contributed by atoms with Gasteiger partial charge in [0.1, 0.15) is 5.75 Å². The molecule has 0 aliphatic carbocycles. The van der Waals surface area contributed by atoms with Gasteiger partial charge in [-0.25, -0.2) is 0 Å². The Morgan fingerprint density at radius 2 is 1.48 bits per heavy atom. The third kappa shape index (κ3) is 3.03. The van der Waals surface area contributed by atoms with Crippen LogP contribution in [0.2, 0.25) is 0 Å². The number of aliphatic hydroxyl groups is 1. The first-order chi connectivity index (χ1) is 10.1. The molecule has 2 aromatic rings. The fourth-order valence-electron chi connectivity index (χ4n) is 2.18.